The van der Waals surface area contributed by atoms with Crippen LogP contribution >= 0.6 is 0 Å². The van der Waals surface area contributed by atoms with Gasteiger partial charge in [0.1, 0.15) is 0 Å². The number of fused-ring (bicyclic) bond motifs is 1. The molecule has 0 aliphatic carbocycles. The molecule has 0 atom stereocenters. The van der Waals surface area contributed by atoms with Gasteiger partial charge in [-0.3, -0.25) is 19.5 Å². The summed E-state index contributed by atoms with van der Waals surface area (Å²) in [5.74, 6) is -0.475. The van der Waals surface area contributed by atoms with E-state index in [0.717, 1.165) is 38.5 Å². The number of aromatic nitrogens is 1. The summed E-state index contributed by atoms with van der Waals surface area (Å²) in [4.78, 5) is 33.1. The van der Waals surface area contributed by atoms with Crippen LogP contribution in [0, 0.1) is 13.8 Å². The van der Waals surface area contributed by atoms with Crippen LogP contribution in [0.4, 0.5) is 0 Å². The number of imide groups is 1. The van der Waals surface area contributed by atoms with Gasteiger partial charge in [0.25, 0.3) is 11.8 Å². The fourth-order valence-corrected chi connectivity index (χ4v) is 5.34. The lowest BCUT2D eigenvalue weighted by molar-refractivity contribution is 0.0612. The van der Waals surface area contributed by atoms with Gasteiger partial charge in [0, 0.05) is 40.2 Å². The fraction of sp³-hybridized carbons (Fsp3) is 0.129. The molecule has 0 bridgehead atoms. The summed E-state index contributed by atoms with van der Waals surface area (Å²) in [6.07, 6.45) is 2.53. The zero-order valence-electron chi connectivity index (χ0n) is 19.7. The first-order valence-corrected chi connectivity index (χ1v) is 11.9. The van der Waals surface area contributed by atoms with Crippen molar-refractivity contribution >= 4 is 33.4 Å². The lowest BCUT2D eigenvalue weighted by Gasteiger charge is -2.28. The van der Waals surface area contributed by atoms with E-state index in [1.54, 1.807) is 0 Å². The number of benzene rings is 4. The Kier molecular flexibility index (Phi) is 4.96. The minimum atomic E-state index is -0.237. The Balaban J connectivity index is 1.49. The summed E-state index contributed by atoms with van der Waals surface area (Å²) in [7, 11) is 0. The number of rotatable bonds is 4. The summed E-state index contributed by atoms with van der Waals surface area (Å²) < 4.78 is 0. The van der Waals surface area contributed by atoms with E-state index in [1.165, 1.54) is 15.8 Å². The lowest BCUT2D eigenvalue weighted by Crippen LogP contribution is -2.41. The predicted octanol–water partition coefficient (Wildman–Crippen LogP) is 6.51. The Morgan fingerprint density at radius 2 is 1.34 bits per heavy atom. The van der Waals surface area contributed by atoms with Gasteiger partial charge in [-0.05, 0) is 59.9 Å². The molecule has 6 rings (SSSR count). The number of amides is 2. The Bertz CT molecular complexity index is 1620. The van der Waals surface area contributed by atoms with E-state index >= 15 is 0 Å². The van der Waals surface area contributed by atoms with Crippen molar-refractivity contribution < 1.29 is 9.59 Å². The van der Waals surface area contributed by atoms with Gasteiger partial charge in [0.15, 0.2) is 0 Å². The van der Waals surface area contributed by atoms with Crippen molar-refractivity contribution in [2.24, 2.45) is 0 Å². The standard InChI is InChI=1S/C31H24N2O2/c1-19-8-6-12-24-27(19)20(2)18-32-29(24)23-14-15-26-28-22(23)11-7-13-25(28)30(34)33(31(26)35)17-16-21-9-4-3-5-10-21/h3-15,18H,16-17H2,1-2H3. The molecule has 1 aliphatic heterocycles. The maximum absolute atomic E-state index is 13.5. The van der Waals surface area contributed by atoms with E-state index in [0.29, 0.717) is 24.1 Å². The number of aryl methyl sites for hydroxylation is 2. The third kappa shape index (κ3) is 3.33. The van der Waals surface area contributed by atoms with Crippen LogP contribution in [-0.4, -0.2) is 28.2 Å². The van der Waals surface area contributed by atoms with Gasteiger partial charge in [-0.25, -0.2) is 0 Å². The van der Waals surface area contributed by atoms with Crippen LogP contribution in [0.3, 0.4) is 0 Å². The second-order valence-electron chi connectivity index (χ2n) is 9.17. The van der Waals surface area contributed by atoms with E-state index < -0.39 is 0 Å². The molecule has 4 aromatic carbocycles. The molecule has 35 heavy (non-hydrogen) atoms. The molecular weight excluding hydrogens is 432 g/mol. The molecular formula is C31H24N2O2. The molecule has 5 aromatic rings. The van der Waals surface area contributed by atoms with E-state index in [1.807, 2.05) is 72.9 Å². The minimum absolute atomic E-state index is 0.237. The zero-order valence-corrected chi connectivity index (χ0v) is 19.7. The fourth-order valence-electron chi connectivity index (χ4n) is 5.34. The summed E-state index contributed by atoms with van der Waals surface area (Å²) in [5.41, 5.74) is 6.36. The summed E-state index contributed by atoms with van der Waals surface area (Å²) in [6.45, 7) is 4.53. The highest BCUT2D eigenvalue weighted by Gasteiger charge is 2.33. The van der Waals surface area contributed by atoms with Crippen LogP contribution in [0.25, 0.3) is 32.8 Å². The lowest BCUT2D eigenvalue weighted by atomic mass is 9.88. The van der Waals surface area contributed by atoms with Gasteiger partial charge in [0.2, 0.25) is 0 Å². The zero-order chi connectivity index (χ0) is 24.1. The van der Waals surface area contributed by atoms with Gasteiger partial charge in [-0.2, -0.15) is 0 Å². The van der Waals surface area contributed by atoms with Crippen LogP contribution < -0.4 is 0 Å². The van der Waals surface area contributed by atoms with E-state index in [9.17, 15) is 9.59 Å². The van der Waals surface area contributed by atoms with E-state index in [-0.39, 0.29) is 11.8 Å². The molecule has 0 radical (unpaired) electrons. The molecule has 4 heteroatoms. The molecule has 4 nitrogen and oxygen atoms in total. The highest BCUT2D eigenvalue weighted by molar-refractivity contribution is 6.27. The first kappa shape index (κ1) is 21.2. The largest absolute Gasteiger partial charge is 0.274 e. The summed E-state index contributed by atoms with van der Waals surface area (Å²) in [6, 6.07) is 25.7. The Hall–Kier alpha value is -4.31. The van der Waals surface area contributed by atoms with Gasteiger partial charge in [-0.15, -0.1) is 0 Å². The van der Waals surface area contributed by atoms with Crippen molar-refractivity contribution in [2.75, 3.05) is 6.54 Å². The number of carbonyl (C=O) groups excluding carboxylic acids is 2. The van der Waals surface area contributed by atoms with Crippen LogP contribution in [0.1, 0.15) is 37.4 Å². The minimum Gasteiger partial charge on any atom is -0.274 e. The van der Waals surface area contributed by atoms with Gasteiger partial charge in [0.05, 0.1) is 5.69 Å². The van der Waals surface area contributed by atoms with Gasteiger partial charge in [-0.1, -0.05) is 66.7 Å². The molecule has 0 unspecified atom stereocenters. The maximum Gasteiger partial charge on any atom is 0.261 e. The molecule has 0 fully saturated rings. The van der Waals surface area contributed by atoms with Crippen molar-refractivity contribution in [1.82, 2.24) is 9.88 Å². The first-order valence-electron chi connectivity index (χ1n) is 11.9. The van der Waals surface area contributed by atoms with Crippen LogP contribution in [0.15, 0.2) is 85.1 Å². The van der Waals surface area contributed by atoms with Gasteiger partial charge < -0.3 is 0 Å². The van der Waals surface area contributed by atoms with Crippen molar-refractivity contribution in [2.45, 2.75) is 20.3 Å². The van der Waals surface area contributed by atoms with Gasteiger partial charge >= 0.3 is 0 Å². The van der Waals surface area contributed by atoms with Crippen molar-refractivity contribution in [1.29, 1.82) is 0 Å². The molecule has 170 valence electrons. The van der Waals surface area contributed by atoms with Crippen LogP contribution in [0.2, 0.25) is 0 Å². The number of hydrogen-bond donors (Lipinski definition) is 0. The highest BCUT2D eigenvalue weighted by Crippen LogP contribution is 2.39. The average molecular weight is 457 g/mol. The number of hydrogen-bond acceptors (Lipinski definition) is 3. The molecule has 2 heterocycles. The third-order valence-electron chi connectivity index (χ3n) is 7.02. The van der Waals surface area contributed by atoms with E-state index in [4.69, 9.17) is 4.98 Å². The second kappa shape index (κ2) is 8.17. The predicted molar refractivity (Wildman–Crippen MR) is 140 cm³/mol. The second-order valence-corrected chi connectivity index (χ2v) is 9.17. The molecule has 0 saturated carbocycles. The SMILES string of the molecule is Cc1cccc2c(-c3ccc4c5c(cccc35)C(=O)N(CCc3ccccc3)C4=O)ncc(C)c12. The number of nitrogens with zero attached hydrogens (tertiary/aromatic N) is 2. The normalized spacial score (nSPS) is 13.1. The van der Waals surface area contributed by atoms with Crippen LogP contribution in [-0.2, 0) is 6.42 Å². The highest BCUT2D eigenvalue weighted by atomic mass is 16.2. The van der Waals surface area contributed by atoms with Crippen molar-refractivity contribution in [3.8, 4) is 11.3 Å². The number of carbonyl (C=O) groups is 2. The smallest absolute Gasteiger partial charge is 0.261 e. The van der Waals surface area contributed by atoms with E-state index in [2.05, 4.69) is 26.0 Å². The molecule has 1 aliphatic rings. The summed E-state index contributed by atoms with van der Waals surface area (Å²) >= 11 is 0. The third-order valence-corrected chi connectivity index (χ3v) is 7.02. The Morgan fingerprint density at radius 1 is 0.657 bits per heavy atom. The Labute approximate surface area is 203 Å². The van der Waals surface area contributed by atoms with Crippen molar-refractivity contribution in [3.05, 3.63) is 113 Å². The Morgan fingerprint density at radius 3 is 2.14 bits per heavy atom. The van der Waals surface area contributed by atoms with Crippen LogP contribution in [0.5, 0.6) is 0 Å². The first-order chi connectivity index (χ1) is 17.0. The maximum atomic E-state index is 13.5. The summed E-state index contributed by atoms with van der Waals surface area (Å²) in [5, 5.41) is 3.86. The average Bonchev–Trinajstić information content (AvgIpc) is 2.88. The molecule has 0 saturated heterocycles. The molecule has 1 aromatic heterocycles. The van der Waals surface area contributed by atoms with Crippen molar-refractivity contribution in [3.63, 3.8) is 0 Å². The number of pyridine rings is 1. The monoisotopic (exact) mass is 456 g/mol. The molecule has 2 amide bonds. The molecule has 0 N–H and O–H groups in total. The molecule has 0 spiro atoms. The topological polar surface area (TPSA) is 50.3 Å². The quantitative estimate of drug-likeness (QED) is 0.290.